The first-order valence-electron chi connectivity index (χ1n) is 12.0. The van der Waals surface area contributed by atoms with Gasteiger partial charge in [-0.2, -0.15) is 17.9 Å². The Bertz CT molecular complexity index is 1260. The van der Waals surface area contributed by atoms with E-state index in [-0.39, 0.29) is 42.5 Å². The van der Waals surface area contributed by atoms with Gasteiger partial charge in [0.05, 0.1) is 19.3 Å². The third kappa shape index (κ3) is 7.03. The lowest BCUT2D eigenvalue weighted by molar-refractivity contribution is -0.146. The molecule has 1 aromatic heterocycles. The van der Waals surface area contributed by atoms with E-state index in [0.29, 0.717) is 48.5 Å². The maximum absolute atomic E-state index is 13.3. The van der Waals surface area contributed by atoms with Crippen LogP contribution in [0.4, 0.5) is 13.2 Å². The molecule has 210 valence electrons. The Kier molecular flexibility index (Phi) is 9.86. The molecule has 1 aliphatic heterocycles. The first-order valence-corrected chi connectivity index (χ1v) is 12.0. The number of halogens is 4. The Labute approximate surface area is 229 Å². The summed E-state index contributed by atoms with van der Waals surface area (Å²) in [6.07, 6.45) is -3.45. The number of benzene rings is 2. The number of rotatable bonds is 9. The highest BCUT2D eigenvalue weighted by atomic mass is 35.5. The van der Waals surface area contributed by atoms with Gasteiger partial charge < -0.3 is 19.9 Å². The third-order valence-corrected chi connectivity index (χ3v) is 6.54. The van der Waals surface area contributed by atoms with Crippen molar-refractivity contribution >= 4 is 24.7 Å². The molecule has 1 fully saturated rings. The number of methoxy groups -OCH3 is 1. The maximum atomic E-state index is 13.3. The summed E-state index contributed by atoms with van der Waals surface area (Å²) in [7, 11) is 3.05. The Morgan fingerprint density at radius 3 is 2.64 bits per heavy atom. The number of hydrogen-bond acceptors (Lipinski definition) is 7. The highest BCUT2D eigenvalue weighted by molar-refractivity contribution is 5.85. The lowest BCUT2D eigenvalue weighted by Gasteiger charge is -2.40. The molecule has 1 saturated heterocycles. The molecule has 2 amide bonds. The van der Waals surface area contributed by atoms with Crippen molar-refractivity contribution in [2.45, 2.75) is 31.1 Å². The van der Waals surface area contributed by atoms with Crippen LogP contribution in [0, 0.1) is 0 Å². The van der Waals surface area contributed by atoms with Crippen LogP contribution in [-0.2, 0) is 22.3 Å². The quantitative estimate of drug-likeness (QED) is 0.396. The molecule has 10 nitrogen and oxygen atoms in total. The fraction of sp³-hybridized carbons (Fsp3) is 0.400. The first kappa shape index (κ1) is 29.8. The van der Waals surface area contributed by atoms with Gasteiger partial charge in [0.25, 0.3) is 5.82 Å². The summed E-state index contributed by atoms with van der Waals surface area (Å²) in [5, 5.41) is 13.3. The Morgan fingerprint density at radius 2 is 1.97 bits per heavy atom. The normalized spacial score (nSPS) is 17.3. The van der Waals surface area contributed by atoms with Gasteiger partial charge in [-0.05, 0) is 40.6 Å². The molecule has 0 aliphatic carbocycles. The van der Waals surface area contributed by atoms with Crippen molar-refractivity contribution < 1.29 is 27.5 Å². The van der Waals surface area contributed by atoms with Crippen LogP contribution in [0.25, 0.3) is 5.69 Å². The molecule has 2 aromatic carbocycles. The van der Waals surface area contributed by atoms with E-state index < -0.39 is 12.0 Å². The fourth-order valence-electron chi connectivity index (χ4n) is 4.63. The van der Waals surface area contributed by atoms with Crippen molar-refractivity contribution in [3.05, 3.63) is 65.5 Å². The summed E-state index contributed by atoms with van der Waals surface area (Å²) in [5.41, 5.74) is 1.83. The van der Waals surface area contributed by atoms with E-state index in [2.05, 4.69) is 20.8 Å². The van der Waals surface area contributed by atoms with Gasteiger partial charge in [-0.15, -0.1) is 17.5 Å². The topological polar surface area (TPSA) is 105 Å². The number of likely N-dealkylation sites (tertiary alicyclic amines) is 1. The number of nitrogens with zero attached hydrogens (tertiary/aromatic N) is 6. The summed E-state index contributed by atoms with van der Waals surface area (Å²) >= 11 is 0. The summed E-state index contributed by atoms with van der Waals surface area (Å²) in [4.78, 5) is 26.8. The zero-order valence-electron chi connectivity index (χ0n) is 21.3. The van der Waals surface area contributed by atoms with Crippen LogP contribution in [0.15, 0.2) is 48.5 Å². The number of tetrazole rings is 1. The second kappa shape index (κ2) is 12.9. The number of piperidine rings is 1. The van der Waals surface area contributed by atoms with Gasteiger partial charge in [-0.25, -0.2) is 0 Å². The molecule has 3 aromatic rings. The van der Waals surface area contributed by atoms with Gasteiger partial charge in [-0.1, -0.05) is 30.3 Å². The van der Waals surface area contributed by atoms with E-state index in [9.17, 15) is 22.8 Å². The van der Waals surface area contributed by atoms with E-state index in [1.165, 1.54) is 18.1 Å². The molecule has 0 bridgehead atoms. The summed E-state index contributed by atoms with van der Waals surface area (Å²) < 4.78 is 46.1. The highest BCUT2D eigenvalue weighted by Crippen LogP contribution is 2.31. The second-order valence-electron chi connectivity index (χ2n) is 9.06. The van der Waals surface area contributed by atoms with Crippen molar-refractivity contribution in [3.63, 3.8) is 0 Å². The van der Waals surface area contributed by atoms with Gasteiger partial charge in [0.1, 0.15) is 5.75 Å². The highest BCUT2D eigenvalue weighted by Gasteiger charge is 2.38. The predicted molar refractivity (Wildman–Crippen MR) is 138 cm³/mol. The number of carbonyl (C=O) groups excluding carboxylic acids is 2. The molecule has 1 N–H and O–H groups in total. The van der Waals surface area contributed by atoms with Gasteiger partial charge in [-0.3, -0.25) is 9.59 Å². The summed E-state index contributed by atoms with van der Waals surface area (Å²) in [6.45, 7) is 1.27. The third-order valence-electron chi connectivity index (χ3n) is 6.54. The van der Waals surface area contributed by atoms with E-state index >= 15 is 0 Å². The number of nitrogens with one attached hydrogen (secondary N) is 1. The molecule has 0 spiro atoms. The first-order chi connectivity index (χ1) is 18.2. The lowest BCUT2D eigenvalue weighted by atomic mass is 9.85. The van der Waals surface area contributed by atoms with Crippen LogP contribution in [-0.4, -0.2) is 82.2 Å². The molecule has 39 heavy (non-hydrogen) atoms. The van der Waals surface area contributed by atoms with Gasteiger partial charge >= 0.3 is 6.18 Å². The predicted octanol–water partition coefficient (Wildman–Crippen LogP) is 2.67. The van der Waals surface area contributed by atoms with E-state index in [1.54, 1.807) is 24.1 Å². The van der Waals surface area contributed by atoms with E-state index in [0.717, 1.165) is 5.56 Å². The van der Waals surface area contributed by atoms with Crippen molar-refractivity contribution in [3.8, 4) is 11.4 Å². The molecule has 2 atom stereocenters. The fourth-order valence-corrected chi connectivity index (χ4v) is 4.63. The minimum Gasteiger partial charge on any atom is -0.496 e. The van der Waals surface area contributed by atoms with Crippen molar-refractivity contribution in [1.82, 2.24) is 35.3 Å². The summed E-state index contributed by atoms with van der Waals surface area (Å²) in [5.74, 6) is -0.886. The van der Waals surface area contributed by atoms with Crippen LogP contribution in [0.2, 0.25) is 0 Å². The van der Waals surface area contributed by atoms with E-state index in [1.807, 2.05) is 30.3 Å². The molecule has 1 aliphatic rings. The van der Waals surface area contributed by atoms with Gasteiger partial charge in [0.2, 0.25) is 12.3 Å². The largest absolute Gasteiger partial charge is 0.496 e. The maximum Gasteiger partial charge on any atom is 0.453 e. The standard InChI is InChI=1S/C25H28F3N7O3.ClH/c1-33(16-36)15-23(37)34-11-10-21(20(14-34)17-6-4-3-5-7-17)29-13-18-12-19(8-9-22(18)38-2)35-24(25(26,27)28)30-31-32-35;/h3-9,12,16,20-21,29H,10-11,13-15H2,1-2H3;1H/t20-,21-;/m0./s1. The van der Waals surface area contributed by atoms with Crippen molar-refractivity contribution in [2.24, 2.45) is 0 Å². The molecular formula is C25H29ClF3N7O3. The van der Waals surface area contributed by atoms with Crippen LogP contribution in [0.1, 0.15) is 29.3 Å². The molecule has 0 saturated carbocycles. The Hall–Kier alpha value is -3.71. The number of likely N-dealkylation sites (N-methyl/N-ethyl adjacent to an activating group) is 1. The van der Waals surface area contributed by atoms with Gasteiger partial charge in [0, 0.05) is 44.2 Å². The van der Waals surface area contributed by atoms with Crippen molar-refractivity contribution in [1.29, 1.82) is 0 Å². The Morgan fingerprint density at radius 1 is 1.23 bits per heavy atom. The number of carbonyl (C=O) groups is 2. The zero-order valence-corrected chi connectivity index (χ0v) is 22.2. The van der Waals surface area contributed by atoms with Crippen LogP contribution >= 0.6 is 12.4 Å². The minimum absolute atomic E-state index is 0. The van der Waals surface area contributed by atoms with Gasteiger partial charge in [0.15, 0.2) is 0 Å². The van der Waals surface area contributed by atoms with Crippen molar-refractivity contribution in [2.75, 3.05) is 33.8 Å². The SMILES string of the molecule is COc1ccc(-n2nnnc2C(F)(F)F)cc1CN[C@H]1CCN(C(=O)CN(C)C=O)C[C@H]1c1ccccc1.Cl. The zero-order chi connectivity index (χ0) is 27.3. The molecule has 4 rings (SSSR count). The number of alkyl halides is 3. The smallest absolute Gasteiger partial charge is 0.453 e. The van der Waals surface area contributed by atoms with E-state index in [4.69, 9.17) is 4.74 Å². The number of aromatic nitrogens is 4. The molecule has 2 heterocycles. The molecular weight excluding hydrogens is 539 g/mol. The van der Waals surface area contributed by atoms with Crippen LogP contribution in [0.5, 0.6) is 5.75 Å². The molecule has 0 radical (unpaired) electrons. The second-order valence-corrected chi connectivity index (χ2v) is 9.06. The van der Waals surface area contributed by atoms with Crippen LogP contribution in [0.3, 0.4) is 0 Å². The number of hydrogen-bond donors (Lipinski definition) is 1. The molecule has 0 unspecified atom stereocenters. The average Bonchev–Trinajstić information content (AvgIpc) is 3.43. The lowest BCUT2D eigenvalue weighted by Crippen LogP contribution is -2.51. The minimum atomic E-state index is -4.71. The summed E-state index contributed by atoms with van der Waals surface area (Å²) in [6, 6.07) is 14.4. The monoisotopic (exact) mass is 567 g/mol. The van der Waals surface area contributed by atoms with Crippen LogP contribution < -0.4 is 10.1 Å². The Balaban J connectivity index is 0.00000420. The molecule has 14 heteroatoms. The number of amides is 2. The average molecular weight is 568 g/mol. The number of ether oxygens (including phenoxy) is 1.